The van der Waals surface area contributed by atoms with Gasteiger partial charge in [-0.1, -0.05) is 14.9 Å². The molecular weight excluding hydrogens is 192 g/mol. The van der Waals surface area contributed by atoms with Crippen LogP contribution < -0.4 is 0 Å². The largest absolute Gasteiger partial charge is 0.511 e. The molecule has 0 aromatic rings. The molecule has 11 heavy (non-hydrogen) atoms. The standard InChI is InChI=1S/CH6O6SSi.2CH4/c2-8(3,4)1-9(5,6)7;;/h5-7H,1H2,(H,2,3,4);2*1H4. The Balaban J connectivity index is -0.000000320. The molecule has 0 saturated heterocycles. The maximum Gasteiger partial charge on any atom is 0.511 e. The third kappa shape index (κ3) is 17.8. The van der Waals surface area contributed by atoms with Gasteiger partial charge in [0.1, 0.15) is 5.38 Å². The summed E-state index contributed by atoms with van der Waals surface area (Å²) in [5.74, 6) is 0. The van der Waals surface area contributed by atoms with Gasteiger partial charge in [-0.25, -0.2) is 0 Å². The van der Waals surface area contributed by atoms with Crippen LogP contribution in [0.25, 0.3) is 0 Å². The van der Waals surface area contributed by atoms with Crippen LogP contribution in [0.2, 0.25) is 0 Å². The Morgan fingerprint density at radius 3 is 1.36 bits per heavy atom. The topological polar surface area (TPSA) is 115 Å². The first-order valence-corrected chi connectivity index (χ1v) is 5.49. The maximum absolute atomic E-state index is 9.76. The molecule has 0 aliphatic rings. The van der Waals surface area contributed by atoms with Crippen LogP contribution in [0.15, 0.2) is 0 Å². The number of hydrogen-bond acceptors (Lipinski definition) is 5. The van der Waals surface area contributed by atoms with Gasteiger partial charge in [-0.15, -0.1) is 0 Å². The van der Waals surface area contributed by atoms with Crippen molar-refractivity contribution in [2.75, 3.05) is 5.38 Å². The second-order valence-corrected chi connectivity index (χ2v) is 5.37. The summed E-state index contributed by atoms with van der Waals surface area (Å²) in [6, 6.07) is 0. The Bertz CT molecular complexity index is 178. The molecule has 0 radical (unpaired) electrons. The van der Waals surface area contributed by atoms with Gasteiger partial charge in [-0.2, -0.15) is 8.42 Å². The van der Waals surface area contributed by atoms with E-state index in [2.05, 4.69) is 0 Å². The van der Waals surface area contributed by atoms with Crippen molar-refractivity contribution in [1.82, 2.24) is 0 Å². The molecule has 0 heterocycles. The summed E-state index contributed by atoms with van der Waals surface area (Å²) >= 11 is 0. The van der Waals surface area contributed by atoms with Crippen molar-refractivity contribution in [1.29, 1.82) is 0 Å². The highest BCUT2D eigenvalue weighted by Gasteiger charge is 2.33. The summed E-state index contributed by atoms with van der Waals surface area (Å²) in [5.41, 5.74) is 0. The first kappa shape index (κ1) is 17.2. The zero-order valence-electron chi connectivity index (χ0n) is 4.22. The van der Waals surface area contributed by atoms with Crippen molar-refractivity contribution in [3.8, 4) is 0 Å². The van der Waals surface area contributed by atoms with E-state index in [1.54, 1.807) is 0 Å². The van der Waals surface area contributed by atoms with Crippen molar-refractivity contribution in [3.63, 3.8) is 0 Å². The molecule has 0 aliphatic heterocycles. The fourth-order valence-corrected chi connectivity index (χ4v) is 2.20. The highest BCUT2D eigenvalue weighted by molar-refractivity contribution is 7.87. The molecule has 0 atom stereocenters. The smallest absolute Gasteiger partial charge is 0.389 e. The lowest BCUT2D eigenvalue weighted by atomic mass is 11.9. The second kappa shape index (κ2) is 4.80. The molecule has 0 saturated carbocycles. The van der Waals surface area contributed by atoms with Gasteiger partial charge in [0.25, 0.3) is 10.1 Å². The highest BCUT2D eigenvalue weighted by Crippen LogP contribution is 1.90. The van der Waals surface area contributed by atoms with Crippen LogP contribution in [0.5, 0.6) is 0 Å². The first-order chi connectivity index (χ1) is 3.71. The Kier molecular flexibility index (Phi) is 7.50. The van der Waals surface area contributed by atoms with Crippen LogP contribution in [-0.4, -0.2) is 41.5 Å². The van der Waals surface area contributed by atoms with Crippen molar-refractivity contribution in [2.45, 2.75) is 14.9 Å². The predicted molar refractivity (Wildman–Crippen MR) is 42.3 cm³/mol. The summed E-state index contributed by atoms with van der Waals surface area (Å²) in [5, 5.41) is -1.38. The van der Waals surface area contributed by atoms with Crippen LogP contribution in [-0.2, 0) is 10.1 Å². The maximum atomic E-state index is 9.76. The van der Waals surface area contributed by atoms with Crippen LogP contribution >= 0.6 is 0 Å². The Labute approximate surface area is 67.2 Å². The van der Waals surface area contributed by atoms with Gasteiger partial charge in [0.05, 0.1) is 0 Å². The molecule has 0 aromatic carbocycles. The minimum Gasteiger partial charge on any atom is -0.389 e. The van der Waals surface area contributed by atoms with E-state index in [4.69, 9.17) is 18.9 Å². The summed E-state index contributed by atoms with van der Waals surface area (Å²) < 4.78 is 27.4. The molecule has 8 heteroatoms. The lowest BCUT2D eigenvalue weighted by molar-refractivity contribution is 0.235. The molecule has 4 N–H and O–H groups in total. The van der Waals surface area contributed by atoms with Gasteiger partial charge in [-0.05, 0) is 0 Å². The fraction of sp³-hybridized carbons (Fsp3) is 1.00. The monoisotopic (exact) mass is 206 g/mol. The van der Waals surface area contributed by atoms with Crippen LogP contribution in [0.4, 0.5) is 0 Å². The molecule has 0 spiro atoms. The van der Waals surface area contributed by atoms with Crippen molar-refractivity contribution in [2.24, 2.45) is 0 Å². The Hall–Kier alpha value is 0.00688. The summed E-state index contributed by atoms with van der Waals surface area (Å²) in [4.78, 5) is 24.2. The van der Waals surface area contributed by atoms with E-state index in [0.29, 0.717) is 0 Å². The molecule has 0 aliphatic carbocycles. The highest BCUT2D eigenvalue weighted by atomic mass is 32.2. The van der Waals surface area contributed by atoms with Gasteiger partial charge < -0.3 is 14.4 Å². The second-order valence-electron chi connectivity index (χ2n) is 1.50. The third-order valence-electron chi connectivity index (χ3n) is 0.376. The van der Waals surface area contributed by atoms with Gasteiger partial charge in [0.15, 0.2) is 0 Å². The molecule has 0 bridgehead atoms. The molecule has 0 aromatic heterocycles. The SMILES string of the molecule is C.C.O=S(=O)(O)C[Si](O)(O)O. The quantitative estimate of drug-likeness (QED) is 0.326. The lowest BCUT2D eigenvalue weighted by Gasteiger charge is -2.04. The van der Waals surface area contributed by atoms with E-state index in [9.17, 15) is 8.42 Å². The average molecular weight is 206 g/mol. The average Bonchev–Trinajstić information content (AvgIpc) is 1.14. The first-order valence-electron chi connectivity index (χ1n) is 1.83. The summed E-state index contributed by atoms with van der Waals surface area (Å²) in [6.45, 7) is 0. The van der Waals surface area contributed by atoms with Gasteiger partial charge in [0, 0.05) is 0 Å². The van der Waals surface area contributed by atoms with Gasteiger partial charge in [0.2, 0.25) is 0 Å². The molecule has 72 valence electrons. The normalized spacial score (nSPS) is 11.3. The molecule has 0 fully saturated rings. The molecule has 0 rings (SSSR count). The van der Waals surface area contributed by atoms with E-state index in [0.717, 1.165) is 0 Å². The van der Waals surface area contributed by atoms with E-state index in [1.165, 1.54) is 0 Å². The van der Waals surface area contributed by atoms with Crippen molar-refractivity contribution in [3.05, 3.63) is 0 Å². The summed E-state index contributed by atoms with van der Waals surface area (Å²) in [7, 11) is -9.10. The molecule has 0 amide bonds. The lowest BCUT2D eigenvalue weighted by Crippen LogP contribution is -2.43. The fourth-order valence-electron chi connectivity index (χ4n) is 0.245. The minimum atomic E-state index is -4.63. The van der Waals surface area contributed by atoms with E-state index < -0.39 is 24.3 Å². The number of rotatable bonds is 2. The van der Waals surface area contributed by atoms with E-state index >= 15 is 0 Å². The Morgan fingerprint density at radius 1 is 1.09 bits per heavy atom. The van der Waals surface area contributed by atoms with E-state index in [-0.39, 0.29) is 14.9 Å². The van der Waals surface area contributed by atoms with Gasteiger partial charge in [-0.3, -0.25) is 4.55 Å². The van der Waals surface area contributed by atoms with Gasteiger partial charge >= 0.3 is 8.80 Å². The molecule has 6 nitrogen and oxygen atoms in total. The summed E-state index contributed by atoms with van der Waals surface area (Å²) in [6.07, 6.45) is 0. The van der Waals surface area contributed by atoms with Crippen LogP contribution in [0.3, 0.4) is 0 Å². The van der Waals surface area contributed by atoms with Crippen molar-refractivity contribution >= 4 is 18.9 Å². The molecule has 0 unspecified atom stereocenters. The Morgan fingerprint density at radius 2 is 1.36 bits per heavy atom. The third-order valence-corrected chi connectivity index (χ3v) is 3.38. The predicted octanol–water partition coefficient (Wildman–Crippen LogP) is -1.40. The van der Waals surface area contributed by atoms with Crippen LogP contribution in [0, 0.1) is 0 Å². The zero-order valence-corrected chi connectivity index (χ0v) is 6.04. The van der Waals surface area contributed by atoms with E-state index in [1.807, 2.05) is 0 Å². The molecular formula is C3H14O6SSi. The minimum absolute atomic E-state index is 0. The number of hydrogen-bond donors (Lipinski definition) is 4. The van der Waals surface area contributed by atoms with Crippen molar-refractivity contribution < 1.29 is 27.4 Å². The van der Waals surface area contributed by atoms with Crippen LogP contribution in [0.1, 0.15) is 14.9 Å². The zero-order chi connectivity index (χ0) is 7.71.